The van der Waals surface area contributed by atoms with Crippen LogP contribution in [0.15, 0.2) is 18.2 Å². The molecule has 0 fully saturated rings. The van der Waals surface area contributed by atoms with Gasteiger partial charge in [0.05, 0.1) is 17.7 Å². The predicted octanol–water partition coefficient (Wildman–Crippen LogP) is 4.47. The molecule has 0 radical (unpaired) electrons. The number of rotatable bonds is 5. The van der Waals surface area contributed by atoms with Crippen LogP contribution in [0.3, 0.4) is 0 Å². The second kappa shape index (κ2) is 8.27. The van der Waals surface area contributed by atoms with E-state index in [0.29, 0.717) is 16.5 Å². The van der Waals surface area contributed by atoms with E-state index in [4.69, 9.17) is 21.1 Å². The molecule has 0 bridgehead atoms. The second-order valence-electron chi connectivity index (χ2n) is 6.46. The second-order valence-corrected chi connectivity index (χ2v) is 7.97. The molecule has 1 amide bonds. The smallest absolute Gasteiger partial charge is 0.341 e. The summed E-state index contributed by atoms with van der Waals surface area (Å²) in [5, 5.41) is 3.29. The summed E-state index contributed by atoms with van der Waals surface area (Å²) in [6.45, 7) is 1.85. The Kier molecular flexibility index (Phi) is 6.01. The SMILES string of the molecule is COC(=O)c1c(NC(=O)COc2ccc(F)cc2Cl)sc2c1CCC(C)C2. The Hall–Kier alpha value is -2.12. The number of carbonyl (C=O) groups excluding carboxylic acids is 2. The van der Waals surface area contributed by atoms with Gasteiger partial charge in [-0.2, -0.15) is 0 Å². The minimum Gasteiger partial charge on any atom is -0.482 e. The lowest BCUT2D eigenvalue weighted by molar-refractivity contribution is -0.118. The number of thiophene rings is 1. The van der Waals surface area contributed by atoms with Crippen LogP contribution in [0.5, 0.6) is 5.75 Å². The third kappa shape index (κ3) is 4.42. The molecule has 5 nitrogen and oxygen atoms in total. The van der Waals surface area contributed by atoms with Crippen molar-refractivity contribution in [1.29, 1.82) is 0 Å². The Balaban J connectivity index is 1.74. The van der Waals surface area contributed by atoms with Crippen molar-refractivity contribution in [2.45, 2.75) is 26.2 Å². The number of nitrogens with one attached hydrogen (secondary N) is 1. The third-order valence-electron chi connectivity index (χ3n) is 4.41. The first-order valence-electron chi connectivity index (χ1n) is 8.49. The molecular weight excluding hydrogens is 393 g/mol. The molecule has 3 rings (SSSR count). The molecule has 1 unspecified atom stereocenters. The minimum absolute atomic E-state index is 0.0821. The number of esters is 1. The number of fused-ring (bicyclic) bond motifs is 1. The summed E-state index contributed by atoms with van der Waals surface area (Å²) in [6.07, 6.45) is 2.66. The molecule has 8 heteroatoms. The van der Waals surface area contributed by atoms with Gasteiger partial charge in [0.1, 0.15) is 16.6 Å². The van der Waals surface area contributed by atoms with E-state index in [2.05, 4.69) is 12.2 Å². The Morgan fingerprint density at radius 2 is 2.19 bits per heavy atom. The Bertz CT molecular complexity index is 883. The number of anilines is 1. The van der Waals surface area contributed by atoms with Gasteiger partial charge in [0.2, 0.25) is 0 Å². The van der Waals surface area contributed by atoms with E-state index in [1.54, 1.807) is 0 Å². The van der Waals surface area contributed by atoms with Gasteiger partial charge in [-0.3, -0.25) is 4.79 Å². The van der Waals surface area contributed by atoms with Crippen molar-refractivity contribution in [3.8, 4) is 5.75 Å². The first-order chi connectivity index (χ1) is 12.9. The van der Waals surface area contributed by atoms with Crippen LogP contribution < -0.4 is 10.1 Å². The number of halogens is 2. The number of ether oxygens (including phenoxy) is 2. The van der Waals surface area contributed by atoms with Crippen molar-refractivity contribution in [3.63, 3.8) is 0 Å². The van der Waals surface area contributed by atoms with Gasteiger partial charge >= 0.3 is 5.97 Å². The predicted molar refractivity (Wildman–Crippen MR) is 102 cm³/mol. The maximum atomic E-state index is 13.1. The molecule has 1 atom stereocenters. The highest BCUT2D eigenvalue weighted by Gasteiger charge is 2.28. The maximum absolute atomic E-state index is 13.1. The van der Waals surface area contributed by atoms with E-state index in [9.17, 15) is 14.0 Å². The lowest BCUT2D eigenvalue weighted by atomic mass is 9.88. The van der Waals surface area contributed by atoms with Gasteiger partial charge in [0, 0.05) is 4.88 Å². The van der Waals surface area contributed by atoms with Crippen molar-refractivity contribution < 1.29 is 23.5 Å². The highest BCUT2D eigenvalue weighted by atomic mass is 35.5. The molecule has 2 aromatic rings. The summed E-state index contributed by atoms with van der Waals surface area (Å²) in [6, 6.07) is 3.66. The summed E-state index contributed by atoms with van der Waals surface area (Å²) >= 11 is 7.29. The summed E-state index contributed by atoms with van der Waals surface area (Å²) in [5.41, 5.74) is 1.39. The third-order valence-corrected chi connectivity index (χ3v) is 5.87. The fraction of sp³-hybridized carbons (Fsp3) is 0.368. The molecule has 0 saturated heterocycles. The fourth-order valence-electron chi connectivity index (χ4n) is 3.06. The van der Waals surface area contributed by atoms with Crippen molar-refractivity contribution in [1.82, 2.24) is 0 Å². The number of hydrogen-bond acceptors (Lipinski definition) is 5. The molecule has 27 heavy (non-hydrogen) atoms. The molecule has 144 valence electrons. The average molecular weight is 412 g/mol. The van der Waals surface area contributed by atoms with Gasteiger partial charge in [0.15, 0.2) is 6.61 Å². The summed E-state index contributed by atoms with van der Waals surface area (Å²) in [7, 11) is 1.32. The number of carbonyl (C=O) groups is 2. The normalized spacial score (nSPS) is 15.8. The van der Waals surface area contributed by atoms with Gasteiger partial charge < -0.3 is 14.8 Å². The van der Waals surface area contributed by atoms with Gasteiger partial charge in [-0.05, 0) is 48.9 Å². The zero-order chi connectivity index (χ0) is 19.6. The number of amides is 1. The lowest BCUT2D eigenvalue weighted by Crippen LogP contribution is -2.21. The van der Waals surface area contributed by atoms with E-state index in [0.717, 1.165) is 35.8 Å². The summed E-state index contributed by atoms with van der Waals surface area (Å²) in [4.78, 5) is 25.6. The molecule has 1 aliphatic carbocycles. The van der Waals surface area contributed by atoms with Gasteiger partial charge in [0.25, 0.3) is 5.91 Å². The zero-order valence-corrected chi connectivity index (χ0v) is 16.5. The largest absolute Gasteiger partial charge is 0.482 e. The van der Waals surface area contributed by atoms with Gasteiger partial charge in [-0.15, -0.1) is 11.3 Å². The monoisotopic (exact) mass is 411 g/mol. The van der Waals surface area contributed by atoms with Crippen LogP contribution >= 0.6 is 22.9 Å². The maximum Gasteiger partial charge on any atom is 0.341 e. The van der Waals surface area contributed by atoms with Crippen LogP contribution in [0.1, 0.15) is 34.1 Å². The molecule has 0 spiro atoms. The van der Waals surface area contributed by atoms with Gasteiger partial charge in [-0.1, -0.05) is 18.5 Å². The Morgan fingerprint density at radius 3 is 2.89 bits per heavy atom. The zero-order valence-electron chi connectivity index (χ0n) is 14.9. The lowest BCUT2D eigenvalue weighted by Gasteiger charge is -2.18. The highest BCUT2D eigenvalue weighted by molar-refractivity contribution is 7.17. The van der Waals surface area contributed by atoms with Crippen molar-refractivity contribution in [2.75, 3.05) is 19.0 Å². The van der Waals surface area contributed by atoms with Crippen molar-refractivity contribution >= 4 is 39.8 Å². The fourth-order valence-corrected chi connectivity index (χ4v) is 4.69. The molecule has 0 saturated carbocycles. The Morgan fingerprint density at radius 1 is 1.41 bits per heavy atom. The molecule has 1 heterocycles. The van der Waals surface area contributed by atoms with E-state index in [1.165, 1.54) is 30.6 Å². The molecule has 1 aromatic heterocycles. The van der Waals surface area contributed by atoms with Crippen LogP contribution in [-0.2, 0) is 22.4 Å². The minimum atomic E-state index is -0.488. The topological polar surface area (TPSA) is 64.6 Å². The average Bonchev–Trinajstić information content (AvgIpc) is 2.97. The van der Waals surface area contributed by atoms with E-state index in [1.807, 2.05) is 0 Å². The standard InChI is InChI=1S/C19H19ClFNO4S/c1-10-3-5-12-15(7-10)27-18(17(12)19(24)25-2)22-16(23)9-26-14-6-4-11(21)8-13(14)20/h4,6,8,10H,3,5,7,9H2,1-2H3,(H,22,23). The van der Waals surface area contributed by atoms with Crippen LogP contribution in [-0.4, -0.2) is 25.6 Å². The first kappa shape index (κ1) is 19.6. The molecule has 1 aromatic carbocycles. The Labute approximate surface area is 165 Å². The van der Waals surface area contributed by atoms with Crippen LogP contribution in [0.25, 0.3) is 0 Å². The molecule has 1 N–H and O–H groups in total. The summed E-state index contributed by atoms with van der Waals surface area (Å²) < 4.78 is 23.3. The number of hydrogen-bond donors (Lipinski definition) is 1. The molecule has 0 aliphatic heterocycles. The van der Waals surface area contributed by atoms with E-state index >= 15 is 0 Å². The number of methoxy groups -OCH3 is 1. The summed E-state index contributed by atoms with van der Waals surface area (Å²) in [5.74, 6) is -0.639. The van der Waals surface area contributed by atoms with Crippen LogP contribution in [0, 0.1) is 11.7 Å². The van der Waals surface area contributed by atoms with Crippen molar-refractivity contribution in [3.05, 3.63) is 45.0 Å². The first-order valence-corrected chi connectivity index (χ1v) is 9.69. The highest BCUT2D eigenvalue weighted by Crippen LogP contribution is 2.40. The van der Waals surface area contributed by atoms with Gasteiger partial charge in [-0.25, -0.2) is 9.18 Å². The number of benzene rings is 1. The molecule has 1 aliphatic rings. The van der Waals surface area contributed by atoms with Crippen LogP contribution in [0.4, 0.5) is 9.39 Å². The van der Waals surface area contributed by atoms with Crippen molar-refractivity contribution in [2.24, 2.45) is 5.92 Å². The van der Waals surface area contributed by atoms with E-state index < -0.39 is 17.7 Å². The van der Waals surface area contributed by atoms with E-state index in [-0.39, 0.29) is 17.4 Å². The molecular formula is C19H19ClFNO4S. The quantitative estimate of drug-likeness (QED) is 0.737. The van der Waals surface area contributed by atoms with Crippen LogP contribution in [0.2, 0.25) is 5.02 Å².